The van der Waals surface area contributed by atoms with Gasteiger partial charge in [-0.2, -0.15) is 0 Å². The van der Waals surface area contributed by atoms with E-state index in [1.807, 2.05) is 35.2 Å². The Balaban J connectivity index is 1.78. The fourth-order valence-electron chi connectivity index (χ4n) is 2.48. The number of carbonyl (C=O) groups is 2. The fraction of sp³-hybridized carbons (Fsp3) is 0.500. The van der Waals surface area contributed by atoms with Gasteiger partial charge in [-0.15, -0.1) is 0 Å². The van der Waals surface area contributed by atoms with Crippen LogP contribution in [-0.4, -0.2) is 49.6 Å². The molecule has 1 saturated heterocycles. The predicted molar refractivity (Wildman–Crippen MR) is 80.0 cm³/mol. The van der Waals surface area contributed by atoms with Crippen molar-refractivity contribution in [3.8, 4) is 0 Å². The normalized spacial score (nSPS) is 15.8. The molecule has 5 heteroatoms. The minimum absolute atomic E-state index is 0.0182. The van der Waals surface area contributed by atoms with E-state index in [2.05, 4.69) is 5.32 Å². The van der Waals surface area contributed by atoms with E-state index in [1.54, 1.807) is 7.11 Å². The minimum Gasteiger partial charge on any atom is -0.384 e. The molecule has 0 spiro atoms. The van der Waals surface area contributed by atoms with Gasteiger partial charge < -0.3 is 15.0 Å². The summed E-state index contributed by atoms with van der Waals surface area (Å²) in [6.07, 6.45) is 1.99. The highest BCUT2D eigenvalue weighted by molar-refractivity contribution is 5.94. The molecule has 2 rings (SSSR count). The van der Waals surface area contributed by atoms with Crippen LogP contribution in [0.25, 0.3) is 0 Å². The molecule has 0 bridgehead atoms. The molecule has 1 aromatic carbocycles. The predicted octanol–water partition coefficient (Wildman–Crippen LogP) is 1.44. The number of likely N-dealkylation sites (tertiary alicyclic amines) is 1. The second-order valence-corrected chi connectivity index (χ2v) is 5.24. The molecule has 1 aliphatic heterocycles. The molecule has 5 nitrogen and oxygen atoms in total. The molecule has 0 atom stereocenters. The van der Waals surface area contributed by atoms with Crippen LogP contribution < -0.4 is 5.32 Å². The molecule has 1 heterocycles. The number of amides is 2. The summed E-state index contributed by atoms with van der Waals surface area (Å²) in [6.45, 7) is 1.81. The van der Waals surface area contributed by atoms with E-state index in [9.17, 15) is 9.59 Å². The molecule has 1 fully saturated rings. The van der Waals surface area contributed by atoms with Gasteiger partial charge in [-0.25, -0.2) is 0 Å². The number of rotatable bonds is 5. The third-order valence-corrected chi connectivity index (χ3v) is 3.70. The second-order valence-electron chi connectivity index (χ2n) is 5.24. The van der Waals surface area contributed by atoms with Crippen molar-refractivity contribution in [1.82, 2.24) is 10.2 Å². The Morgan fingerprint density at radius 1 is 1.24 bits per heavy atom. The van der Waals surface area contributed by atoms with Crippen LogP contribution in [0.3, 0.4) is 0 Å². The van der Waals surface area contributed by atoms with Crippen LogP contribution in [0.2, 0.25) is 0 Å². The van der Waals surface area contributed by atoms with Gasteiger partial charge in [0.1, 0.15) is 0 Å². The maximum atomic E-state index is 12.3. The van der Waals surface area contributed by atoms with Gasteiger partial charge in [0.05, 0.1) is 6.61 Å². The lowest BCUT2D eigenvalue weighted by Crippen LogP contribution is -2.46. The van der Waals surface area contributed by atoms with E-state index in [1.165, 1.54) is 0 Å². The number of hydrogen-bond acceptors (Lipinski definition) is 3. The number of nitrogens with one attached hydrogen (secondary N) is 1. The molecule has 0 aromatic heterocycles. The monoisotopic (exact) mass is 290 g/mol. The third-order valence-electron chi connectivity index (χ3n) is 3.70. The van der Waals surface area contributed by atoms with Crippen molar-refractivity contribution in [2.45, 2.75) is 25.3 Å². The average molecular weight is 290 g/mol. The van der Waals surface area contributed by atoms with E-state index in [0.717, 1.165) is 18.4 Å². The summed E-state index contributed by atoms with van der Waals surface area (Å²) in [5.74, 6) is 0.0874. The molecule has 2 amide bonds. The second kappa shape index (κ2) is 7.78. The summed E-state index contributed by atoms with van der Waals surface area (Å²) in [5.41, 5.74) is 0.722. The first-order valence-corrected chi connectivity index (χ1v) is 7.33. The summed E-state index contributed by atoms with van der Waals surface area (Å²) in [5, 5.41) is 3.00. The van der Waals surface area contributed by atoms with Gasteiger partial charge in [0.25, 0.3) is 5.91 Å². The Kier molecular flexibility index (Phi) is 5.75. The summed E-state index contributed by atoms with van der Waals surface area (Å²) >= 11 is 0. The van der Waals surface area contributed by atoms with Gasteiger partial charge in [0.2, 0.25) is 5.91 Å². The highest BCUT2D eigenvalue weighted by Gasteiger charge is 2.24. The number of nitrogens with zero attached hydrogens (tertiary/aromatic N) is 1. The van der Waals surface area contributed by atoms with Gasteiger partial charge in [0, 0.05) is 38.2 Å². The molecule has 0 radical (unpaired) electrons. The Bertz CT molecular complexity index is 468. The highest BCUT2D eigenvalue weighted by Crippen LogP contribution is 2.14. The van der Waals surface area contributed by atoms with Crippen molar-refractivity contribution < 1.29 is 14.3 Å². The van der Waals surface area contributed by atoms with Crippen LogP contribution in [0, 0.1) is 0 Å². The first-order valence-electron chi connectivity index (χ1n) is 7.33. The summed E-state index contributed by atoms with van der Waals surface area (Å²) in [6, 6.07) is 9.47. The van der Waals surface area contributed by atoms with Crippen LogP contribution in [0.4, 0.5) is 0 Å². The number of benzene rings is 1. The first-order chi connectivity index (χ1) is 10.2. The summed E-state index contributed by atoms with van der Waals surface area (Å²) in [7, 11) is 1.58. The number of carbonyl (C=O) groups excluding carboxylic acids is 2. The smallest absolute Gasteiger partial charge is 0.253 e. The Morgan fingerprint density at radius 3 is 2.52 bits per heavy atom. The Labute approximate surface area is 125 Å². The fourth-order valence-corrected chi connectivity index (χ4v) is 2.48. The van der Waals surface area contributed by atoms with Gasteiger partial charge in [-0.1, -0.05) is 18.2 Å². The number of piperidine rings is 1. The first kappa shape index (κ1) is 15.5. The largest absolute Gasteiger partial charge is 0.384 e. The zero-order valence-electron chi connectivity index (χ0n) is 12.4. The lowest BCUT2D eigenvalue weighted by Gasteiger charge is -2.32. The van der Waals surface area contributed by atoms with Gasteiger partial charge in [0.15, 0.2) is 0 Å². The van der Waals surface area contributed by atoms with E-state index in [4.69, 9.17) is 4.74 Å². The zero-order valence-corrected chi connectivity index (χ0v) is 12.4. The molecule has 0 aliphatic carbocycles. The number of hydrogen-bond donors (Lipinski definition) is 1. The van der Waals surface area contributed by atoms with E-state index in [-0.39, 0.29) is 17.9 Å². The third kappa shape index (κ3) is 4.56. The van der Waals surface area contributed by atoms with Crippen LogP contribution in [0.5, 0.6) is 0 Å². The van der Waals surface area contributed by atoms with E-state index in [0.29, 0.717) is 26.1 Å². The van der Waals surface area contributed by atoms with Crippen LogP contribution in [0.15, 0.2) is 30.3 Å². The van der Waals surface area contributed by atoms with Crippen LogP contribution in [0.1, 0.15) is 29.6 Å². The molecule has 0 saturated carbocycles. The Morgan fingerprint density at radius 2 is 1.90 bits per heavy atom. The van der Waals surface area contributed by atoms with Crippen molar-refractivity contribution in [1.29, 1.82) is 0 Å². The van der Waals surface area contributed by atoms with Crippen molar-refractivity contribution in [3.05, 3.63) is 35.9 Å². The summed E-state index contributed by atoms with van der Waals surface area (Å²) in [4.78, 5) is 25.8. The quantitative estimate of drug-likeness (QED) is 0.893. The highest BCUT2D eigenvalue weighted by atomic mass is 16.5. The average Bonchev–Trinajstić information content (AvgIpc) is 2.54. The molecular formula is C16H22N2O3. The van der Waals surface area contributed by atoms with Crippen molar-refractivity contribution in [3.63, 3.8) is 0 Å². The molecule has 114 valence electrons. The van der Waals surface area contributed by atoms with Crippen molar-refractivity contribution >= 4 is 11.8 Å². The molecule has 21 heavy (non-hydrogen) atoms. The number of ether oxygens (including phenoxy) is 1. The van der Waals surface area contributed by atoms with Crippen LogP contribution in [-0.2, 0) is 9.53 Å². The lowest BCUT2D eigenvalue weighted by molar-refractivity contribution is -0.122. The zero-order chi connectivity index (χ0) is 15.1. The molecule has 0 unspecified atom stereocenters. The maximum absolute atomic E-state index is 12.3. The molecule has 1 aliphatic rings. The van der Waals surface area contributed by atoms with E-state index < -0.39 is 0 Å². The molecular weight excluding hydrogens is 268 g/mol. The number of methoxy groups -OCH3 is 1. The van der Waals surface area contributed by atoms with E-state index >= 15 is 0 Å². The minimum atomic E-state index is 0.0182. The van der Waals surface area contributed by atoms with Gasteiger partial charge >= 0.3 is 0 Å². The topological polar surface area (TPSA) is 58.6 Å². The SMILES string of the molecule is COCCC(=O)NC1CCN(C(=O)c2ccccc2)CC1. The molecule has 1 aromatic rings. The van der Waals surface area contributed by atoms with Crippen molar-refractivity contribution in [2.75, 3.05) is 26.8 Å². The Hall–Kier alpha value is -1.88. The maximum Gasteiger partial charge on any atom is 0.253 e. The van der Waals surface area contributed by atoms with Gasteiger partial charge in [-0.05, 0) is 25.0 Å². The standard InChI is InChI=1S/C16H22N2O3/c1-21-12-9-15(19)17-14-7-10-18(11-8-14)16(20)13-5-3-2-4-6-13/h2-6,14H,7-12H2,1H3,(H,17,19). The molecule has 1 N–H and O–H groups in total. The van der Waals surface area contributed by atoms with Gasteiger partial charge in [-0.3, -0.25) is 9.59 Å². The lowest BCUT2D eigenvalue weighted by atomic mass is 10.0. The van der Waals surface area contributed by atoms with Crippen molar-refractivity contribution in [2.24, 2.45) is 0 Å². The summed E-state index contributed by atoms with van der Waals surface area (Å²) < 4.78 is 4.89. The van der Waals surface area contributed by atoms with Crippen LogP contribution >= 0.6 is 0 Å².